The van der Waals surface area contributed by atoms with Crippen molar-refractivity contribution in [3.05, 3.63) is 52.4 Å². The molecule has 1 aromatic heterocycles. The van der Waals surface area contributed by atoms with Gasteiger partial charge in [-0.25, -0.2) is 9.97 Å². The number of benzene rings is 1. The highest BCUT2D eigenvalue weighted by atomic mass is 35.5. The molecule has 2 rings (SSSR count). The Morgan fingerprint density at radius 1 is 1.09 bits per heavy atom. The van der Waals surface area contributed by atoms with Crippen LogP contribution in [0.25, 0.3) is 0 Å². The van der Waals surface area contributed by atoms with Crippen LogP contribution in [-0.4, -0.2) is 9.97 Å². The van der Waals surface area contributed by atoms with E-state index >= 15 is 0 Å². The molecule has 0 spiro atoms. The molecule has 0 fully saturated rings. The molecule has 3 nitrogen and oxygen atoms in total. The normalized spacial score (nSPS) is 13.0. The van der Waals surface area contributed by atoms with E-state index in [1.165, 1.54) is 11.1 Å². The summed E-state index contributed by atoms with van der Waals surface area (Å²) in [6, 6.07) is 8.98. The number of hydrogen-bond donors (Lipinski definition) is 1. The van der Waals surface area contributed by atoms with E-state index in [9.17, 15) is 0 Å². The van der Waals surface area contributed by atoms with Crippen LogP contribution in [0.3, 0.4) is 0 Å². The molecule has 1 unspecified atom stereocenters. The maximum atomic E-state index is 6.39. The first kappa shape index (κ1) is 17.7. The van der Waals surface area contributed by atoms with Crippen molar-refractivity contribution in [3.8, 4) is 0 Å². The van der Waals surface area contributed by atoms with Crippen LogP contribution in [0.1, 0.15) is 63.9 Å². The smallest absolute Gasteiger partial charge is 0.149 e. The van der Waals surface area contributed by atoms with Crippen LogP contribution in [0.5, 0.6) is 0 Å². The molecule has 0 saturated carbocycles. The van der Waals surface area contributed by atoms with E-state index in [2.05, 4.69) is 67.2 Å². The quantitative estimate of drug-likeness (QED) is 0.780. The van der Waals surface area contributed by atoms with Crippen molar-refractivity contribution in [1.29, 1.82) is 0 Å². The minimum Gasteiger partial charge on any atom is -0.362 e. The van der Waals surface area contributed by atoms with Crippen molar-refractivity contribution < 1.29 is 0 Å². The number of aryl methyl sites for hydroxylation is 1. The highest BCUT2D eigenvalue weighted by molar-refractivity contribution is 6.33. The summed E-state index contributed by atoms with van der Waals surface area (Å²) in [6.45, 7) is 10.9. The number of hydrogen-bond acceptors (Lipinski definition) is 3. The van der Waals surface area contributed by atoms with E-state index < -0.39 is 0 Å². The lowest BCUT2D eigenvalue weighted by molar-refractivity contribution is 0.589. The first-order valence-corrected chi connectivity index (χ1v) is 8.61. The molecule has 1 N–H and O–H groups in total. The molecule has 0 aliphatic heterocycles. The van der Waals surface area contributed by atoms with Crippen LogP contribution >= 0.6 is 11.6 Å². The second-order valence-corrected chi connectivity index (χ2v) is 7.19. The Kier molecular flexibility index (Phi) is 5.64. The monoisotopic (exact) mass is 331 g/mol. The summed E-state index contributed by atoms with van der Waals surface area (Å²) in [7, 11) is 0. The largest absolute Gasteiger partial charge is 0.362 e. The number of nitrogens with one attached hydrogen (secondary N) is 1. The van der Waals surface area contributed by atoms with Gasteiger partial charge in [-0.2, -0.15) is 0 Å². The second-order valence-electron chi connectivity index (χ2n) is 6.81. The SMILES string of the molecule is CCc1ncnc(NC(CC)c2ccc(C(C)(C)C)cc2)c1Cl. The van der Waals surface area contributed by atoms with Gasteiger partial charge in [-0.15, -0.1) is 0 Å². The van der Waals surface area contributed by atoms with E-state index in [1.807, 2.05) is 6.92 Å². The molecule has 23 heavy (non-hydrogen) atoms. The molecule has 124 valence electrons. The summed E-state index contributed by atoms with van der Waals surface area (Å²) in [4.78, 5) is 8.52. The Morgan fingerprint density at radius 3 is 2.26 bits per heavy atom. The van der Waals surface area contributed by atoms with Crippen LogP contribution in [0.4, 0.5) is 5.82 Å². The van der Waals surface area contributed by atoms with Gasteiger partial charge in [-0.1, -0.05) is 70.5 Å². The molecular formula is C19H26ClN3. The van der Waals surface area contributed by atoms with Gasteiger partial charge < -0.3 is 5.32 Å². The van der Waals surface area contributed by atoms with Gasteiger partial charge >= 0.3 is 0 Å². The van der Waals surface area contributed by atoms with Crippen molar-refractivity contribution in [2.24, 2.45) is 0 Å². The van der Waals surface area contributed by atoms with Gasteiger partial charge in [0.25, 0.3) is 0 Å². The lowest BCUT2D eigenvalue weighted by Gasteiger charge is -2.22. The topological polar surface area (TPSA) is 37.8 Å². The van der Waals surface area contributed by atoms with Crippen LogP contribution in [0, 0.1) is 0 Å². The van der Waals surface area contributed by atoms with E-state index in [1.54, 1.807) is 6.33 Å². The highest BCUT2D eigenvalue weighted by Crippen LogP contribution is 2.29. The molecule has 0 aliphatic rings. The predicted molar refractivity (Wildman–Crippen MR) is 98.2 cm³/mol. The van der Waals surface area contributed by atoms with E-state index in [-0.39, 0.29) is 11.5 Å². The van der Waals surface area contributed by atoms with Gasteiger partial charge in [0.05, 0.1) is 11.7 Å². The third-order valence-corrected chi connectivity index (χ3v) is 4.49. The van der Waals surface area contributed by atoms with E-state index in [0.717, 1.165) is 18.5 Å². The van der Waals surface area contributed by atoms with Gasteiger partial charge in [0, 0.05) is 0 Å². The maximum absolute atomic E-state index is 6.39. The number of aromatic nitrogens is 2. The van der Waals surface area contributed by atoms with Crippen molar-refractivity contribution in [1.82, 2.24) is 9.97 Å². The Balaban J connectivity index is 2.24. The Bertz CT molecular complexity index is 645. The van der Waals surface area contributed by atoms with Crippen molar-refractivity contribution in [3.63, 3.8) is 0 Å². The molecule has 4 heteroatoms. The van der Waals surface area contributed by atoms with E-state index in [4.69, 9.17) is 11.6 Å². The minimum absolute atomic E-state index is 0.166. The zero-order chi connectivity index (χ0) is 17.0. The summed E-state index contributed by atoms with van der Waals surface area (Å²) >= 11 is 6.39. The average Bonchev–Trinajstić information content (AvgIpc) is 2.53. The van der Waals surface area contributed by atoms with Gasteiger partial charge in [0.2, 0.25) is 0 Å². The summed E-state index contributed by atoms with van der Waals surface area (Å²) in [6.07, 6.45) is 3.33. The van der Waals surface area contributed by atoms with Gasteiger partial charge in [-0.3, -0.25) is 0 Å². The zero-order valence-electron chi connectivity index (χ0n) is 14.7. The average molecular weight is 332 g/mol. The summed E-state index contributed by atoms with van der Waals surface area (Å²) in [5.74, 6) is 0.713. The summed E-state index contributed by atoms with van der Waals surface area (Å²) in [5.41, 5.74) is 3.62. The standard InChI is InChI=1S/C19H26ClN3/c1-6-15(13-8-10-14(11-9-13)19(3,4)5)23-18-17(20)16(7-2)21-12-22-18/h8-12,15H,6-7H2,1-5H3,(H,21,22,23). The van der Waals surface area contributed by atoms with Crippen LogP contribution in [0.2, 0.25) is 5.02 Å². The van der Waals surface area contributed by atoms with Gasteiger partial charge in [-0.05, 0) is 29.4 Å². The summed E-state index contributed by atoms with van der Waals surface area (Å²) in [5, 5.41) is 4.09. The molecule has 1 aromatic carbocycles. The molecule has 0 amide bonds. The van der Waals surface area contributed by atoms with Crippen molar-refractivity contribution in [2.75, 3.05) is 5.32 Å². The summed E-state index contributed by atoms with van der Waals surface area (Å²) < 4.78 is 0. The molecule has 2 aromatic rings. The minimum atomic E-state index is 0.166. The Labute approximate surface area is 144 Å². The molecule has 1 heterocycles. The van der Waals surface area contributed by atoms with Crippen molar-refractivity contribution in [2.45, 2.75) is 58.9 Å². The first-order valence-electron chi connectivity index (χ1n) is 8.23. The maximum Gasteiger partial charge on any atom is 0.149 e. The van der Waals surface area contributed by atoms with Crippen LogP contribution < -0.4 is 5.32 Å². The van der Waals surface area contributed by atoms with Gasteiger partial charge in [0.15, 0.2) is 0 Å². The molecule has 0 saturated heterocycles. The zero-order valence-corrected chi connectivity index (χ0v) is 15.4. The van der Waals surface area contributed by atoms with Crippen LogP contribution in [0.15, 0.2) is 30.6 Å². The third kappa shape index (κ3) is 4.23. The fourth-order valence-corrected chi connectivity index (χ4v) is 2.84. The number of nitrogens with zero attached hydrogens (tertiary/aromatic N) is 2. The Morgan fingerprint density at radius 2 is 1.74 bits per heavy atom. The number of rotatable bonds is 5. The second kappa shape index (κ2) is 7.31. The Hall–Kier alpha value is -1.61. The fraction of sp³-hybridized carbons (Fsp3) is 0.474. The number of halogens is 1. The first-order chi connectivity index (χ1) is 10.9. The number of anilines is 1. The van der Waals surface area contributed by atoms with Gasteiger partial charge in [0.1, 0.15) is 17.2 Å². The molecule has 1 atom stereocenters. The molecule has 0 aliphatic carbocycles. The van der Waals surface area contributed by atoms with Crippen molar-refractivity contribution >= 4 is 17.4 Å². The fourth-order valence-electron chi connectivity index (χ4n) is 2.55. The lowest BCUT2D eigenvalue weighted by atomic mass is 9.86. The highest BCUT2D eigenvalue weighted by Gasteiger charge is 2.16. The van der Waals surface area contributed by atoms with Crippen LogP contribution in [-0.2, 0) is 11.8 Å². The molecule has 0 bridgehead atoms. The van der Waals surface area contributed by atoms with E-state index in [0.29, 0.717) is 10.8 Å². The molecule has 0 radical (unpaired) electrons. The predicted octanol–water partition coefficient (Wildman–Crippen LogP) is 5.55. The molecular weight excluding hydrogens is 306 g/mol. The third-order valence-electron chi connectivity index (χ3n) is 4.09. The lowest BCUT2D eigenvalue weighted by Crippen LogP contribution is -2.14.